The van der Waals surface area contributed by atoms with Gasteiger partial charge in [-0.05, 0) is 73.0 Å². The van der Waals surface area contributed by atoms with Gasteiger partial charge >= 0.3 is 11.9 Å². The molecule has 0 N–H and O–H groups in total. The first-order chi connectivity index (χ1) is 21.9. The summed E-state index contributed by atoms with van der Waals surface area (Å²) in [6, 6.07) is 19.7. The van der Waals surface area contributed by atoms with Crippen LogP contribution in [0.4, 0.5) is 0 Å². The Labute approximate surface area is 266 Å². The van der Waals surface area contributed by atoms with Crippen molar-refractivity contribution in [3.63, 3.8) is 0 Å². The molecule has 9 heteroatoms. The van der Waals surface area contributed by atoms with Crippen LogP contribution in [0.15, 0.2) is 66.7 Å². The van der Waals surface area contributed by atoms with Gasteiger partial charge < -0.3 is 33.5 Å². The van der Waals surface area contributed by atoms with E-state index in [1.165, 1.54) is 6.08 Å². The SMILES string of the molecule is COc1cc(/C=C/C(=O)OCCCN(C)CCN(C)CCCOC(=O)C2c3ccccc3-c3ccccc32)cc(OC)c1OC. The number of hydrogen-bond acceptors (Lipinski definition) is 9. The summed E-state index contributed by atoms with van der Waals surface area (Å²) in [5.41, 5.74) is 4.99. The maximum absolute atomic E-state index is 13.1. The molecule has 0 aromatic heterocycles. The number of rotatable bonds is 17. The van der Waals surface area contributed by atoms with E-state index in [0.717, 1.165) is 66.8 Å². The quantitative estimate of drug-likeness (QED) is 0.114. The summed E-state index contributed by atoms with van der Waals surface area (Å²) >= 11 is 0. The van der Waals surface area contributed by atoms with Crippen LogP contribution in [0.3, 0.4) is 0 Å². The number of likely N-dealkylation sites (N-methyl/N-ethyl adjacent to an activating group) is 2. The van der Waals surface area contributed by atoms with Crippen molar-refractivity contribution in [2.24, 2.45) is 0 Å². The molecule has 45 heavy (non-hydrogen) atoms. The highest BCUT2D eigenvalue weighted by Gasteiger charge is 2.34. The van der Waals surface area contributed by atoms with Crippen LogP contribution in [-0.2, 0) is 19.1 Å². The Morgan fingerprint density at radius 1 is 0.711 bits per heavy atom. The summed E-state index contributed by atoms with van der Waals surface area (Å²) < 4.78 is 27.1. The molecule has 0 unspecified atom stereocenters. The number of carbonyl (C=O) groups excluding carboxylic acids is 2. The van der Waals surface area contributed by atoms with Gasteiger partial charge in [0.1, 0.15) is 5.92 Å². The van der Waals surface area contributed by atoms with E-state index >= 15 is 0 Å². The largest absolute Gasteiger partial charge is 0.493 e. The van der Waals surface area contributed by atoms with E-state index in [-0.39, 0.29) is 11.9 Å². The third-order valence-electron chi connectivity index (χ3n) is 7.89. The molecule has 0 saturated heterocycles. The van der Waals surface area contributed by atoms with Crippen molar-refractivity contribution in [3.05, 3.63) is 83.4 Å². The molecule has 240 valence electrons. The molecule has 3 aromatic rings. The van der Waals surface area contributed by atoms with Gasteiger partial charge in [-0.15, -0.1) is 0 Å². The van der Waals surface area contributed by atoms with Gasteiger partial charge in [0.05, 0.1) is 34.5 Å². The molecular weight excluding hydrogens is 572 g/mol. The van der Waals surface area contributed by atoms with Crippen LogP contribution in [0.25, 0.3) is 17.2 Å². The number of nitrogens with zero attached hydrogens (tertiary/aromatic N) is 2. The molecular formula is C36H44N2O7. The maximum Gasteiger partial charge on any atom is 0.330 e. The number of esters is 2. The van der Waals surface area contributed by atoms with Crippen molar-refractivity contribution in [1.82, 2.24) is 9.80 Å². The lowest BCUT2D eigenvalue weighted by molar-refractivity contribution is -0.144. The van der Waals surface area contributed by atoms with Gasteiger partial charge in [-0.25, -0.2) is 4.79 Å². The fourth-order valence-corrected chi connectivity index (χ4v) is 5.48. The van der Waals surface area contributed by atoms with Crippen LogP contribution < -0.4 is 14.2 Å². The van der Waals surface area contributed by atoms with Crippen LogP contribution in [0.5, 0.6) is 17.2 Å². The number of methoxy groups -OCH3 is 3. The number of carbonyl (C=O) groups is 2. The average molecular weight is 617 g/mol. The number of hydrogen-bond donors (Lipinski definition) is 0. The van der Waals surface area contributed by atoms with Crippen LogP contribution in [-0.4, -0.2) is 96.6 Å². The van der Waals surface area contributed by atoms with Crippen LogP contribution in [0.2, 0.25) is 0 Å². The second-order valence-electron chi connectivity index (χ2n) is 11.0. The second kappa shape index (κ2) is 16.7. The average Bonchev–Trinajstić information content (AvgIpc) is 3.40. The molecule has 0 fully saturated rings. The fourth-order valence-electron chi connectivity index (χ4n) is 5.48. The van der Waals surface area contributed by atoms with Gasteiger partial charge in [-0.1, -0.05) is 48.5 Å². The molecule has 0 radical (unpaired) electrons. The minimum Gasteiger partial charge on any atom is -0.493 e. The third-order valence-corrected chi connectivity index (χ3v) is 7.89. The topological polar surface area (TPSA) is 86.8 Å². The molecule has 0 saturated carbocycles. The summed E-state index contributed by atoms with van der Waals surface area (Å²) in [5, 5.41) is 0. The van der Waals surface area contributed by atoms with Gasteiger partial charge in [0.25, 0.3) is 0 Å². The molecule has 1 aliphatic rings. The summed E-state index contributed by atoms with van der Waals surface area (Å²) in [5.74, 6) is 0.563. The first-order valence-corrected chi connectivity index (χ1v) is 15.2. The zero-order chi connectivity index (χ0) is 32.2. The lowest BCUT2D eigenvalue weighted by Gasteiger charge is -2.22. The zero-order valence-corrected chi connectivity index (χ0v) is 26.9. The zero-order valence-electron chi connectivity index (χ0n) is 26.9. The Balaban J connectivity index is 1.09. The summed E-state index contributed by atoms with van der Waals surface area (Å²) in [7, 11) is 8.76. The van der Waals surface area contributed by atoms with E-state index in [1.54, 1.807) is 39.5 Å². The molecule has 0 amide bonds. The highest BCUT2D eigenvalue weighted by atomic mass is 16.5. The molecule has 0 bridgehead atoms. The smallest absolute Gasteiger partial charge is 0.330 e. The van der Waals surface area contributed by atoms with E-state index in [0.29, 0.717) is 30.5 Å². The van der Waals surface area contributed by atoms with E-state index in [9.17, 15) is 9.59 Å². The van der Waals surface area contributed by atoms with Crippen LogP contribution in [0, 0.1) is 0 Å². The van der Waals surface area contributed by atoms with Crippen molar-refractivity contribution >= 4 is 18.0 Å². The Morgan fingerprint density at radius 3 is 1.73 bits per heavy atom. The molecule has 4 rings (SSSR count). The molecule has 0 aliphatic heterocycles. The van der Waals surface area contributed by atoms with Gasteiger partial charge in [-0.3, -0.25) is 4.79 Å². The molecule has 1 aliphatic carbocycles. The highest BCUT2D eigenvalue weighted by Crippen LogP contribution is 2.45. The van der Waals surface area contributed by atoms with Crippen molar-refractivity contribution in [2.75, 3.05) is 74.8 Å². The van der Waals surface area contributed by atoms with Crippen molar-refractivity contribution in [1.29, 1.82) is 0 Å². The van der Waals surface area contributed by atoms with Crippen molar-refractivity contribution < 1.29 is 33.3 Å². The van der Waals surface area contributed by atoms with Gasteiger partial charge in [0.2, 0.25) is 5.75 Å². The Hall–Kier alpha value is -4.34. The van der Waals surface area contributed by atoms with E-state index in [4.69, 9.17) is 23.7 Å². The van der Waals surface area contributed by atoms with E-state index in [1.807, 2.05) is 36.4 Å². The summed E-state index contributed by atoms with van der Waals surface area (Å²) in [6.45, 7) is 4.11. The minimum atomic E-state index is -0.409. The standard InChI is InChI=1S/C36H44N2O7/c1-37(18-10-22-44-33(39)17-16-26-24-31(41-3)35(43-5)32(25-26)42-4)20-21-38(2)19-11-23-45-36(40)34-29-14-8-6-12-27(29)28-13-7-9-15-30(28)34/h6-9,12-17,24-25,34H,10-11,18-23H2,1-5H3/b17-16+. The number of benzene rings is 3. The molecule has 0 atom stereocenters. The minimum absolute atomic E-state index is 0.188. The Kier molecular flexibility index (Phi) is 12.4. The third kappa shape index (κ3) is 8.86. The Bertz CT molecular complexity index is 1400. The number of ether oxygens (including phenoxy) is 5. The molecule has 0 spiro atoms. The van der Waals surface area contributed by atoms with Gasteiger partial charge in [0.15, 0.2) is 11.5 Å². The predicted octanol–water partition coefficient (Wildman–Crippen LogP) is 5.27. The Morgan fingerprint density at radius 2 is 1.22 bits per heavy atom. The van der Waals surface area contributed by atoms with Gasteiger partial charge in [-0.2, -0.15) is 0 Å². The lowest BCUT2D eigenvalue weighted by atomic mass is 9.97. The first-order valence-electron chi connectivity index (χ1n) is 15.2. The van der Waals surface area contributed by atoms with Crippen molar-refractivity contribution in [2.45, 2.75) is 18.8 Å². The highest BCUT2D eigenvalue weighted by molar-refractivity contribution is 5.93. The van der Waals surface area contributed by atoms with Crippen molar-refractivity contribution in [3.8, 4) is 28.4 Å². The fraction of sp³-hybridized carbons (Fsp3) is 0.389. The summed E-state index contributed by atoms with van der Waals surface area (Å²) in [4.78, 5) is 29.7. The van der Waals surface area contributed by atoms with E-state index in [2.05, 4.69) is 36.0 Å². The molecule has 3 aromatic carbocycles. The molecule has 0 heterocycles. The van der Waals surface area contributed by atoms with Gasteiger partial charge in [0, 0.05) is 32.3 Å². The second-order valence-corrected chi connectivity index (χ2v) is 11.0. The predicted molar refractivity (Wildman–Crippen MR) is 175 cm³/mol. The monoisotopic (exact) mass is 616 g/mol. The first kappa shape index (κ1) is 33.6. The van der Waals surface area contributed by atoms with Crippen LogP contribution in [0.1, 0.15) is 35.4 Å². The lowest BCUT2D eigenvalue weighted by Crippen LogP contribution is -2.32. The summed E-state index contributed by atoms with van der Waals surface area (Å²) in [6.07, 6.45) is 4.54. The van der Waals surface area contributed by atoms with E-state index < -0.39 is 5.97 Å². The maximum atomic E-state index is 13.1. The number of fused-ring (bicyclic) bond motifs is 3. The normalized spacial score (nSPS) is 12.3. The molecule has 9 nitrogen and oxygen atoms in total. The van der Waals surface area contributed by atoms with Crippen LogP contribution >= 0.6 is 0 Å².